The first kappa shape index (κ1) is 30.1. The summed E-state index contributed by atoms with van der Waals surface area (Å²) >= 11 is 0. The van der Waals surface area contributed by atoms with Crippen LogP contribution in [0.1, 0.15) is 0 Å². The Kier molecular flexibility index (Phi) is 130. The van der Waals surface area contributed by atoms with Crippen molar-refractivity contribution in [2.24, 2.45) is 0 Å². The molecule has 0 spiro atoms. The Morgan fingerprint density at radius 2 is 0.500 bits per heavy atom. The van der Waals surface area contributed by atoms with Crippen molar-refractivity contribution in [3.05, 3.63) is 0 Å². The van der Waals surface area contributed by atoms with E-state index >= 15 is 0 Å². The zero-order chi connectivity index (χ0) is 0. The molecule has 4 heavy (non-hydrogen) atoms. The first-order valence-corrected chi connectivity index (χ1v) is 0. The Morgan fingerprint density at radius 1 is 0.500 bits per heavy atom. The zero-order valence-corrected chi connectivity index (χ0v) is 8.28. The first-order valence-electron chi connectivity index (χ1n) is 0. The Hall–Kier alpha value is 2.67. The van der Waals surface area contributed by atoms with Crippen molar-refractivity contribution in [2.75, 3.05) is 0 Å². The van der Waals surface area contributed by atoms with E-state index in [2.05, 4.69) is 0 Å². The standard InChI is InChI=1S/2Ce.2H2O/h;;2*1H2. The van der Waals surface area contributed by atoms with Crippen molar-refractivity contribution in [2.45, 2.75) is 0 Å². The van der Waals surface area contributed by atoms with E-state index in [4.69, 9.17) is 0 Å². The van der Waals surface area contributed by atoms with Gasteiger partial charge in [0.1, 0.15) is 0 Å². The second kappa shape index (κ2) is 17.3. The van der Waals surface area contributed by atoms with Crippen LogP contribution in [-0.4, -0.2) is 11.0 Å². The van der Waals surface area contributed by atoms with Crippen LogP contribution in [0.2, 0.25) is 0 Å². The molecule has 0 aromatic rings. The van der Waals surface area contributed by atoms with Gasteiger partial charge < -0.3 is 11.0 Å². The summed E-state index contributed by atoms with van der Waals surface area (Å²) in [5, 5.41) is 0. The van der Waals surface area contributed by atoms with Crippen molar-refractivity contribution in [3.8, 4) is 0 Å². The minimum atomic E-state index is 0. The molecule has 0 aromatic carbocycles. The van der Waals surface area contributed by atoms with Crippen molar-refractivity contribution in [3.63, 3.8) is 0 Å². The summed E-state index contributed by atoms with van der Waals surface area (Å²) in [5.74, 6) is 0. The summed E-state index contributed by atoms with van der Waals surface area (Å²) in [6.45, 7) is 0. The van der Waals surface area contributed by atoms with Gasteiger partial charge in [0.05, 0.1) is 0 Å². The first-order chi connectivity index (χ1) is 0. The quantitative estimate of drug-likeness (QED) is 0.514. The van der Waals surface area contributed by atoms with Crippen LogP contribution in [0, 0.1) is 83.5 Å². The van der Waals surface area contributed by atoms with Gasteiger partial charge in [0.15, 0.2) is 0 Å². The Balaban J connectivity index is 0. The van der Waals surface area contributed by atoms with E-state index in [0.29, 0.717) is 0 Å². The van der Waals surface area contributed by atoms with Gasteiger partial charge >= 0.3 is 0 Å². The molecule has 0 atom stereocenters. The second-order valence-electron chi connectivity index (χ2n) is 0. The van der Waals surface area contributed by atoms with Crippen molar-refractivity contribution in [1.82, 2.24) is 0 Å². The molecule has 4 heteroatoms. The van der Waals surface area contributed by atoms with Crippen molar-refractivity contribution in [1.29, 1.82) is 0 Å². The fraction of sp³-hybridized carbons (Fsp3) is 0. The molecule has 4 N–H and O–H groups in total. The maximum absolute atomic E-state index is 0. The van der Waals surface area contributed by atoms with E-state index in [9.17, 15) is 0 Å². The molecule has 0 unspecified atom stereocenters. The molecule has 0 aliphatic carbocycles. The van der Waals surface area contributed by atoms with Crippen LogP contribution >= 0.6 is 0 Å². The van der Waals surface area contributed by atoms with Gasteiger partial charge in [-0.25, -0.2) is 0 Å². The predicted octanol–water partition coefficient (Wildman–Crippen LogP) is -1.65. The minimum Gasteiger partial charge on any atom is -0.412 e. The summed E-state index contributed by atoms with van der Waals surface area (Å²) in [6, 6.07) is 0. The van der Waals surface area contributed by atoms with Gasteiger partial charge in [0.2, 0.25) is 0 Å². The smallest absolute Gasteiger partial charge is 0 e. The number of hydrogen-bond donors (Lipinski definition) is 0. The van der Waals surface area contributed by atoms with Crippen LogP contribution in [0.3, 0.4) is 0 Å². The number of rotatable bonds is 0. The molecule has 0 radical (unpaired) electrons. The van der Waals surface area contributed by atoms with Gasteiger partial charge in [-0.15, -0.1) is 0 Å². The Labute approximate surface area is 92.1 Å². The van der Waals surface area contributed by atoms with Gasteiger partial charge in [-0.2, -0.15) is 0 Å². The fourth-order valence-electron chi connectivity index (χ4n) is 0. The van der Waals surface area contributed by atoms with E-state index in [-0.39, 0.29) is 94.4 Å². The van der Waals surface area contributed by atoms with Gasteiger partial charge in [-0.3, -0.25) is 0 Å². The summed E-state index contributed by atoms with van der Waals surface area (Å²) in [7, 11) is 0. The third-order valence-electron chi connectivity index (χ3n) is 0. The molecule has 2 nitrogen and oxygen atoms in total. The molecule has 0 saturated heterocycles. The normalized spacial score (nSPS) is 0. The molecule has 24 valence electrons. The molecular weight excluding hydrogens is 312 g/mol. The molecule has 0 bridgehead atoms. The van der Waals surface area contributed by atoms with Gasteiger partial charge in [-0.1, -0.05) is 0 Å². The molecule has 0 aromatic heterocycles. The maximum Gasteiger partial charge on any atom is 0 e. The molecule has 0 saturated carbocycles. The summed E-state index contributed by atoms with van der Waals surface area (Å²) in [6.07, 6.45) is 0. The van der Waals surface area contributed by atoms with Crippen molar-refractivity contribution < 1.29 is 94.4 Å². The number of hydrogen-bond acceptors (Lipinski definition) is 0. The average molecular weight is 316 g/mol. The predicted molar refractivity (Wildman–Crippen MR) is 7.23 cm³/mol. The third-order valence-corrected chi connectivity index (χ3v) is 0. The molecule has 0 heterocycles. The monoisotopic (exact) mass is 316 g/mol. The average Bonchev–Trinajstić information content (AvgIpc) is 0. The second-order valence-corrected chi connectivity index (χ2v) is 0. The Bertz CT molecular complexity index is 4.00. The third kappa shape index (κ3) is 8.82. The minimum absolute atomic E-state index is 0. The van der Waals surface area contributed by atoms with Crippen LogP contribution in [0.25, 0.3) is 0 Å². The molecule has 0 amide bonds. The largest absolute Gasteiger partial charge is 0.412 e. The van der Waals surface area contributed by atoms with Crippen LogP contribution in [0.15, 0.2) is 0 Å². The maximum atomic E-state index is 0. The topological polar surface area (TPSA) is 63.0 Å². The fourth-order valence-corrected chi connectivity index (χ4v) is 0. The van der Waals surface area contributed by atoms with E-state index in [1.54, 1.807) is 0 Å². The van der Waals surface area contributed by atoms with E-state index in [1.165, 1.54) is 0 Å². The van der Waals surface area contributed by atoms with Gasteiger partial charge in [0.25, 0.3) is 0 Å². The molecule has 0 rings (SSSR count). The van der Waals surface area contributed by atoms with Crippen molar-refractivity contribution >= 4 is 0 Å². The molecule has 0 aliphatic heterocycles. The SMILES string of the molecule is O.O.[Ce].[Ce]. The van der Waals surface area contributed by atoms with Gasteiger partial charge in [-0.05, 0) is 0 Å². The Morgan fingerprint density at radius 3 is 0.500 bits per heavy atom. The summed E-state index contributed by atoms with van der Waals surface area (Å²) in [4.78, 5) is 0. The van der Waals surface area contributed by atoms with Crippen LogP contribution in [0.4, 0.5) is 0 Å². The summed E-state index contributed by atoms with van der Waals surface area (Å²) in [5.41, 5.74) is 0. The zero-order valence-electron chi connectivity index (χ0n) is 2.00. The molecule has 0 aliphatic rings. The van der Waals surface area contributed by atoms with Crippen LogP contribution in [0.5, 0.6) is 0 Å². The van der Waals surface area contributed by atoms with Crippen LogP contribution < -0.4 is 0 Å². The molecular formula is H4Ce2O2. The molecule has 0 fully saturated rings. The van der Waals surface area contributed by atoms with E-state index < -0.39 is 0 Å². The van der Waals surface area contributed by atoms with E-state index in [1.807, 2.05) is 0 Å². The van der Waals surface area contributed by atoms with Gasteiger partial charge in [0, 0.05) is 83.5 Å². The summed E-state index contributed by atoms with van der Waals surface area (Å²) < 4.78 is 0. The van der Waals surface area contributed by atoms with E-state index in [0.717, 1.165) is 0 Å². The van der Waals surface area contributed by atoms with Crippen LogP contribution in [-0.2, 0) is 0 Å².